The van der Waals surface area contributed by atoms with Gasteiger partial charge in [-0.2, -0.15) is 0 Å². The Hall–Kier alpha value is -1.27. The molecule has 0 amide bonds. The second-order valence-electron chi connectivity index (χ2n) is 4.38. The van der Waals surface area contributed by atoms with Crippen LogP contribution in [0.4, 0.5) is 13.2 Å². The highest BCUT2D eigenvalue weighted by Crippen LogP contribution is 2.33. The van der Waals surface area contributed by atoms with Gasteiger partial charge in [-0.05, 0) is 6.92 Å². The third-order valence-electron chi connectivity index (χ3n) is 3.30. The summed E-state index contributed by atoms with van der Waals surface area (Å²) in [4.78, 5) is 1.91. The first-order valence-corrected chi connectivity index (χ1v) is 5.83. The smallest absolute Gasteiger partial charge is 0.195 e. The predicted octanol–water partition coefficient (Wildman–Crippen LogP) is 1.78. The van der Waals surface area contributed by atoms with Gasteiger partial charge < -0.3 is 10.4 Å². The maximum atomic E-state index is 13.7. The molecule has 0 aromatic heterocycles. The molecule has 1 aliphatic rings. The summed E-state index contributed by atoms with van der Waals surface area (Å²) in [6, 6.07) is 0.120. The first kappa shape index (κ1) is 13.2. The molecule has 1 aromatic carbocycles. The first-order valence-electron chi connectivity index (χ1n) is 5.83. The quantitative estimate of drug-likeness (QED) is 0.796. The Morgan fingerprint density at radius 1 is 1.22 bits per heavy atom. The zero-order valence-electron chi connectivity index (χ0n) is 10.0. The number of benzene rings is 1. The van der Waals surface area contributed by atoms with Gasteiger partial charge in [-0.3, -0.25) is 4.90 Å². The molecule has 1 heterocycles. The van der Waals surface area contributed by atoms with E-state index in [1.165, 1.54) is 0 Å². The number of hydrogen-bond donors (Lipinski definition) is 2. The largest absolute Gasteiger partial charge is 0.507 e. The molecule has 18 heavy (non-hydrogen) atoms. The van der Waals surface area contributed by atoms with Crippen LogP contribution in [0.5, 0.6) is 5.75 Å². The Bertz CT molecular complexity index is 447. The Morgan fingerprint density at radius 3 is 2.44 bits per heavy atom. The molecule has 2 N–H and O–H groups in total. The minimum atomic E-state index is -1.54. The molecule has 2 rings (SSSR count). The molecule has 0 radical (unpaired) electrons. The van der Waals surface area contributed by atoms with Crippen molar-refractivity contribution in [3.05, 3.63) is 29.1 Å². The molecule has 1 aliphatic heterocycles. The third-order valence-corrected chi connectivity index (χ3v) is 3.30. The molecule has 0 saturated carbocycles. The summed E-state index contributed by atoms with van der Waals surface area (Å²) in [5.74, 6) is -4.76. The number of phenols is 1. The number of aromatic hydroxyl groups is 1. The molecule has 100 valence electrons. The van der Waals surface area contributed by atoms with Gasteiger partial charge in [0, 0.05) is 43.9 Å². The summed E-state index contributed by atoms with van der Waals surface area (Å²) < 4.78 is 39.8. The van der Waals surface area contributed by atoms with E-state index in [1.54, 1.807) is 6.92 Å². The third kappa shape index (κ3) is 2.30. The monoisotopic (exact) mass is 260 g/mol. The van der Waals surface area contributed by atoms with Crippen molar-refractivity contribution in [1.29, 1.82) is 0 Å². The molecule has 0 spiro atoms. The lowest BCUT2D eigenvalue weighted by Crippen LogP contribution is -2.44. The van der Waals surface area contributed by atoms with Crippen molar-refractivity contribution in [3.63, 3.8) is 0 Å². The average molecular weight is 260 g/mol. The van der Waals surface area contributed by atoms with Crippen LogP contribution in [0.25, 0.3) is 0 Å². The molecule has 0 aliphatic carbocycles. The molecule has 6 heteroatoms. The van der Waals surface area contributed by atoms with Crippen LogP contribution in [0.1, 0.15) is 18.5 Å². The van der Waals surface area contributed by atoms with Gasteiger partial charge in [-0.1, -0.05) is 0 Å². The molecule has 1 atom stereocenters. The fraction of sp³-hybridized carbons (Fsp3) is 0.500. The van der Waals surface area contributed by atoms with Gasteiger partial charge in [0.15, 0.2) is 17.5 Å². The SMILES string of the molecule is C[C@@H](c1c(O)cc(F)c(F)c1F)N1CCNCC1. The summed E-state index contributed by atoms with van der Waals surface area (Å²) in [5.41, 5.74) is -0.184. The minimum Gasteiger partial charge on any atom is -0.507 e. The zero-order chi connectivity index (χ0) is 13.3. The first-order chi connectivity index (χ1) is 8.52. The summed E-state index contributed by atoms with van der Waals surface area (Å²) in [6.45, 7) is 4.49. The second kappa shape index (κ2) is 5.16. The summed E-state index contributed by atoms with van der Waals surface area (Å²) >= 11 is 0. The summed E-state index contributed by atoms with van der Waals surface area (Å²) in [6.07, 6.45) is 0. The number of piperazine rings is 1. The van der Waals surface area contributed by atoms with Gasteiger partial charge in [0.2, 0.25) is 0 Å². The second-order valence-corrected chi connectivity index (χ2v) is 4.38. The van der Waals surface area contributed by atoms with Crippen molar-refractivity contribution in [2.24, 2.45) is 0 Å². The lowest BCUT2D eigenvalue weighted by Gasteiger charge is -2.33. The molecule has 1 saturated heterocycles. The Balaban J connectivity index is 2.34. The highest BCUT2D eigenvalue weighted by atomic mass is 19.2. The Labute approximate surface area is 103 Å². The molecular weight excluding hydrogens is 245 g/mol. The van der Waals surface area contributed by atoms with Crippen LogP contribution in [-0.2, 0) is 0 Å². The Morgan fingerprint density at radius 2 is 1.83 bits per heavy atom. The highest BCUT2D eigenvalue weighted by molar-refractivity contribution is 5.37. The molecular formula is C12H15F3N2O. The van der Waals surface area contributed by atoms with E-state index in [0.717, 1.165) is 13.1 Å². The van der Waals surface area contributed by atoms with E-state index in [1.807, 2.05) is 4.90 Å². The van der Waals surface area contributed by atoms with Crippen LogP contribution in [0, 0.1) is 17.5 Å². The van der Waals surface area contributed by atoms with Gasteiger partial charge in [-0.15, -0.1) is 0 Å². The standard InChI is InChI=1S/C12H15F3N2O/c1-7(17-4-2-16-3-5-17)10-9(18)6-8(13)11(14)12(10)15/h6-7,16,18H,2-5H2,1H3/t7-/m0/s1. The van der Waals surface area contributed by atoms with Gasteiger partial charge in [-0.25, -0.2) is 13.2 Å². The van der Waals surface area contributed by atoms with Crippen molar-refractivity contribution in [3.8, 4) is 5.75 Å². The summed E-state index contributed by atoms with van der Waals surface area (Å²) in [5, 5.41) is 12.7. The molecule has 1 fully saturated rings. The van der Waals surface area contributed by atoms with Crippen LogP contribution >= 0.6 is 0 Å². The molecule has 3 nitrogen and oxygen atoms in total. The van der Waals surface area contributed by atoms with Gasteiger partial charge >= 0.3 is 0 Å². The topological polar surface area (TPSA) is 35.5 Å². The van der Waals surface area contributed by atoms with Crippen LogP contribution < -0.4 is 5.32 Å². The molecule has 1 aromatic rings. The van der Waals surface area contributed by atoms with Crippen molar-refractivity contribution in [2.75, 3.05) is 26.2 Å². The number of hydrogen-bond acceptors (Lipinski definition) is 3. The van der Waals surface area contributed by atoms with Crippen LogP contribution in [0.3, 0.4) is 0 Å². The van der Waals surface area contributed by atoms with Crippen molar-refractivity contribution in [1.82, 2.24) is 10.2 Å². The van der Waals surface area contributed by atoms with Crippen molar-refractivity contribution < 1.29 is 18.3 Å². The van der Waals surface area contributed by atoms with E-state index in [9.17, 15) is 18.3 Å². The van der Waals surface area contributed by atoms with E-state index < -0.39 is 29.2 Å². The Kier molecular flexibility index (Phi) is 3.77. The van der Waals surface area contributed by atoms with Gasteiger partial charge in [0.05, 0.1) is 0 Å². The minimum absolute atomic E-state index is 0.184. The van der Waals surface area contributed by atoms with Crippen molar-refractivity contribution >= 4 is 0 Å². The fourth-order valence-corrected chi connectivity index (χ4v) is 2.25. The number of nitrogens with zero attached hydrogens (tertiary/aromatic N) is 1. The molecule has 0 unspecified atom stereocenters. The van der Waals surface area contributed by atoms with E-state index in [-0.39, 0.29) is 5.56 Å². The van der Waals surface area contributed by atoms with Gasteiger partial charge in [0.25, 0.3) is 0 Å². The van der Waals surface area contributed by atoms with E-state index >= 15 is 0 Å². The van der Waals surface area contributed by atoms with E-state index in [0.29, 0.717) is 19.2 Å². The van der Waals surface area contributed by atoms with Crippen LogP contribution in [0.15, 0.2) is 6.07 Å². The average Bonchev–Trinajstić information content (AvgIpc) is 2.37. The predicted molar refractivity (Wildman–Crippen MR) is 60.8 cm³/mol. The lowest BCUT2D eigenvalue weighted by atomic mass is 10.0. The number of rotatable bonds is 2. The molecule has 0 bridgehead atoms. The number of phenolic OH excluding ortho intramolecular Hbond substituents is 1. The maximum Gasteiger partial charge on any atom is 0.195 e. The number of nitrogens with one attached hydrogen (secondary N) is 1. The fourth-order valence-electron chi connectivity index (χ4n) is 2.25. The van der Waals surface area contributed by atoms with E-state index in [4.69, 9.17) is 0 Å². The lowest BCUT2D eigenvalue weighted by molar-refractivity contribution is 0.178. The zero-order valence-corrected chi connectivity index (χ0v) is 10.0. The highest BCUT2D eigenvalue weighted by Gasteiger charge is 2.27. The summed E-state index contributed by atoms with van der Waals surface area (Å²) in [7, 11) is 0. The van der Waals surface area contributed by atoms with Gasteiger partial charge in [0.1, 0.15) is 5.75 Å². The van der Waals surface area contributed by atoms with E-state index in [2.05, 4.69) is 5.32 Å². The van der Waals surface area contributed by atoms with Crippen molar-refractivity contribution in [2.45, 2.75) is 13.0 Å². The normalized spacial score (nSPS) is 18.9. The number of halogens is 3. The van der Waals surface area contributed by atoms with Crippen LogP contribution in [0.2, 0.25) is 0 Å². The maximum absolute atomic E-state index is 13.7. The van der Waals surface area contributed by atoms with Crippen LogP contribution in [-0.4, -0.2) is 36.2 Å².